The molecule has 0 aromatic heterocycles. The van der Waals surface area contributed by atoms with Gasteiger partial charge < -0.3 is 5.73 Å². The van der Waals surface area contributed by atoms with E-state index in [4.69, 9.17) is 5.73 Å². The van der Waals surface area contributed by atoms with E-state index < -0.39 is 0 Å². The van der Waals surface area contributed by atoms with E-state index in [0.29, 0.717) is 11.0 Å². The van der Waals surface area contributed by atoms with Gasteiger partial charge in [0.25, 0.3) is 0 Å². The first kappa shape index (κ1) is 14.8. The summed E-state index contributed by atoms with van der Waals surface area (Å²) in [5.74, 6) is 0. The molecular formula is C17H33N3. The fourth-order valence-corrected chi connectivity index (χ4v) is 5.25. The predicted octanol–water partition coefficient (Wildman–Crippen LogP) is 2.45. The number of hydrogen-bond donors (Lipinski definition) is 1. The van der Waals surface area contributed by atoms with E-state index in [1.165, 1.54) is 71.1 Å². The van der Waals surface area contributed by atoms with Gasteiger partial charge in [0, 0.05) is 31.2 Å². The quantitative estimate of drug-likeness (QED) is 0.858. The standard InChI is InChI=1S/C17H33N3/c1-3-16(4-2)8-12-20(14-16)17(13-18)9-11-19-10-6-5-7-15(17)19/h15H,3-14,18H2,1-2H3. The van der Waals surface area contributed by atoms with Gasteiger partial charge in [0.2, 0.25) is 0 Å². The molecule has 20 heavy (non-hydrogen) atoms. The zero-order valence-electron chi connectivity index (χ0n) is 13.5. The molecule has 2 unspecified atom stereocenters. The van der Waals surface area contributed by atoms with E-state index in [-0.39, 0.29) is 0 Å². The lowest BCUT2D eigenvalue weighted by Crippen LogP contribution is -2.61. The zero-order valence-corrected chi connectivity index (χ0v) is 13.5. The summed E-state index contributed by atoms with van der Waals surface area (Å²) in [5.41, 5.74) is 7.23. The van der Waals surface area contributed by atoms with Gasteiger partial charge in [-0.1, -0.05) is 20.3 Å². The molecule has 0 radical (unpaired) electrons. The largest absolute Gasteiger partial charge is 0.329 e. The third kappa shape index (κ3) is 2.13. The van der Waals surface area contributed by atoms with Crippen molar-refractivity contribution in [2.45, 2.75) is 70.4 Å². The monoisotopic (exact) mass is 279 g/mol. The molecule has 3 saturated heterocycles. The molecule has 0 bridgehead atoms. The van der Waals surface area contributed by atoms with Crippen LogP contribution in [0.3, 0.4) is 0 Å². The van der Waals surface area contributed by atoms with Crippen LogP contribution in [0.1, 0.15) is 58.8 Å². The van der Waals surface area contributed by atoms with E-state index in [9.17, 15) is 0 Å². The van der Waals surface area contributed by atoms with Gasteiger partial charge in [0.05, 0.1) is 0 Å². The summed E-state index contributed by atoms with van der Waals surface area (Å²) in [5, 5.41) is 0. The Labute approximate surface area is 124 Å². The molecule has 3 heteroatoms. The lowest BCUT2D eigenvalue weighted by molar-refractivity contribution is 0.0448. The highest BCUT2D eigenvalue weighted by Crippen LogP contribution is 2.45. The molecule has 0 aliphatic carbocycles. The average molecular weight is 279 g/mol. The van der Waals surface area contributed by atoms with Crippen molar-refractivity contribution in [2.75, 3.05) is 32.7 Å². The molecule has 0 aromatic rings. The van der Waals surface area contributed by atoms with Crippen LogP contribution in [0.5, 0.6) is 0 Å². The molecule has 3 fully saturated rings. The molecule has 0 amide bonds. The Morgan fingerprint density at radius 2 is 1.85 bits per heavy atom. The van der Waals surface area contributed by atoms with E-state index in [2.05, 4.69) is 23.6 Å². The summed E-state index contributed by atoms with van der Waals surface area (Å²) in [7, 11) is 0. The number of hydrogen-bond acceptors (Lipinski definition) is 3. The van der Waals surface area contributed by atoms with Crippen molar-refractivity contribution in [1.29, 1.82) is 0 Å². The van der Waals surface area contributed by atoms with Crippen molar-refractivity contribution >= 4 is 0 Å². The maximum atomic E-state index is 6.36. The highest BCUT2D eigenvalue weighted by molar-refractivity contribution is 5.11. The van der Waals surface area contributed by atoms with Crippen molar-refractivity contribution in [3.63, 3.8) is 0 Å². The van der Waals surface area contributed by atoms with Crippen molar-refractivity contribution in [3.05, 3.63) is 0 Å². The molecule has 0 spiro atoms. The van der Waals surface area contributed by atoms with Crippen LogP contribution in [-0.2, 0) is 0 Å². The van der Waals surface area contributed by atoms with Gasteiger partial charge >= 0.3 is 0 Å². The van der Waals surface area contributed by atoms with Gasteiger partial charge in [0.15, 0.2) is 0 Å². The number of nitrogens with two attached hydrogens (primary N) is 1. The fraction of sp³-hybridized carbons (Fsp3) is 1.00. The minimum atomic E-state index is 0.298. The van der Waals surface area contributed by atoms with Crippen LogP contribution < -0.4 is 5.73 Å². The maximum absolute atomic E-state index is 6.36. The lowest BCUT2D eigenvalue weighted by atomic mass is 9.80. The Bertz CT molecular complexity index is 339. The van der Waals surface area contributed by atoms with E-state index in [1.807, 2.05) is 0 Å². The summed E-state index contributed by atoms with van der Waals surface area (Å²) >= 11 is 0. The smallest absolute Gasteiger partial charge is 0.0499 e. The highest BCUT2D eigenvalue weighted by Gasteiger charge is 2.53. The molecule has 3 nitrogen and oxygen atoms in total. The highest BCUT2D eigenvalue weighted by atomic mass is 15.3. The third-order valence-electron chi connectivity index (χ3n) is 6.99. The SMILES string of the molecule is CCC1(CC)CCN(C2(CN)CCN3CCCCC32)C1. The molecule has 0 aromatic carbocycles. The normalized spacial score (nSPS) is 38.2. The van der Waals surface area contributed by atoms with Crippen LogP contribution in [0.25, 0.3) is 0 Å². The summed E-state index contributed by atoms with van der Waals surface area (Å²) in [6.07, 6.45) is 9.52. The molecule has 2 atom stereocenters. The number of piperidine rings is 1. The summed E-state index contributed by atoms with van der Waals surface area (Å²) < 4.78 is 0. The number of fused-ring (bicyclic) bond motifs is 1. The fourth-order valence-electron chi connectivity index (χ4n) is 5.25. The first-order valence-electron chi connectivity index (χ1n) is 8.89. The Morgan fingerprint density at radius 3 is 2.50 bits per heavy atom. The summed E-state index contributed by atoms with van der Waals surface area (Å²) in [6.45, 7) is 10.8. The number of rotatable bonds is 4. The van der Waals surface area contributed by atoms with Crippen molar-refractivity contribution in [3.8, 4) is 0 Å². The van der Waals surface area contributed by atoms with Crippen molar-refractivity contribution < 1.29 is 0 Å². The second kappa shape index (κ2) is 5.58. The number of likely N-dealkylation sites (tertiary alicyclic amines) is 1. The Hall–Kier alpha value is -0.120. The molecule has 3 rings (SSSR count). The minimum Gasteiger partial charge on any atom is -0.329 e. The minimum absolute atomic E-state index is 0.298. The van der Waals surface area contributed by atoms with Crippen LogP contribution in [-0.4, -0.2) is 54.1 Å². The summed E-state index contributed by atoms with van der Waals surface area (Å²) in [6, 6.07) is 0.741. The van der Waals surface area contributed by atoms with Gasteiger partial charge in [-0.15, -0.1) is 0 Å². The molecule has 0 saturated carbocycles. The predicted molar refractivity (Wildman–Crippen MR) is 84.8 cm³/mol. The van der Waals surface area contributed by atoms with Gasteiger partial charge in [-0.25, -0.2) is 0 Å². The van der Waals surface area contributed by atoms with Crippen molar-refractivity contribution in [2.24, 2.45) is 11.1 Å². The first-order valence-corrected chi connectivity index (χ1v) is 8.89. The first-order chi connectivity index (χ1) is 9.69. The van der Waals surface area contributed by atoms with Crippen LogP contribution in [0.2, 0.25) is 0 Å². The van der Waals surface area contributed by atoms with Gasteiger partial charge in [-0.3, -0.25) is 9.80 Å². The van der Waals surface area contributed by atoms with Gasteiger partial charge in [-0.2, -0.15) is 0 Å². The van der Waals surface area contributed by atoms with E-state index in [1.54, 1.807) is 0 Å². The Balaban J connectivity index is 1.80. The molecule has 3 aliphatic heterocycles. The van der Waals surface area contributed by atoms with Crippen LogP contribution in [0.4, 0.5) is 0 Å². The average Bonchev–Trinajstić information content (AvgIpc) is 3.10. The van der Waals surface area contributed by atoms with Crippen molar-refractivity contribution in [1.82, 2.24) is 9.80 Å². The lowest BCUT2D eigenvalue weighted by Gasteiger charge is -2.46. The van der Waals surface area contributed by atoms with Gasteiger partial charge in [-0.05, 0) is 57.0 Å². The molecular weight excluding hydrogens is 246 g/mol. The second-order valence-corrected chi connectivity index (χ2v) is 7.48. The summed E-state index contributed by atoms with van der Waals surface area (Å²) in [4.78, 5) is 5.56. The zero-order chi connectivity index (χ0) is 14.2. The van der Waals surface area contributed by atoms with Crippen LogP contribution in [0, 0.1) is 5.41 Å². The topological polar surface area (TPSA) is 32.5 Å². The van der Waals surface area contributed by atoms with Gasteiger partial charge in [0.1, 0.15) is 0 Å². The molecule has 2 N–H and O–H groups in total. The van der Waals surface area contributed by atoms with Crippen LogP contribution in [0.15, 0.2) is 0 Å². The molecule has 116 valence electrons. The maximum Gasteiger partial charge on any atom is 0.0499 e. The Kier molecular flexibility index (Phi) is 4.13. The van der Waals surface area contributed by atoms with E-state index >= 15 is 0 Å². The number of nitrogens with zero attached hydrogens (tertiary/aromatic N) is 2. The van der Waals surface area contributed by atoms with E-state index in [0.717, 1.165) is 12.6 Å². The second-order valence-electron chi connectivity index (χ2n) is 7.48. The third-order valence-corrected chi connectivity index (χ3v) is 6.99. The van der Waals surface area contributed by atoms with Crippen LogP contribution >= 0.6 is 0 Å². The molecule has 3 heterocycles. The Morgan fingerprint density at radius 1 is 1.05 bits per heavy atom. The molecule has 3 aliphatic rings.